The minimum atomic E-state index is 0. The number of para-hydroxylation sites is 1. The molecule has 82 heavy (non-hydrogen) atoms. The first kappa shape index (κ1) is 51.0. The van der Waals surface area contributed by atoms with Crippen LogP contribution in [-0.2, 0) is 6.42 Å². The normalized spacial score (nSPS) is 11.3. The van der Waals surface area contributed by atoms with Crippen LogP contribution in [0.4, 0.5) is 0 Å². The lowest BCUT2D eigenvalue weighted by molar-refractivity contribution is 1.05. The molecule has 1 aliphatic rings. The van der Waals surface area contributed by atoms with Crippen molar-refractivity contribution >= 4 is 57.7 Å². The zero-order chi connectivity index (χ0) is 54.1. The van der Waals surface area contributed by atoms with Crippen LogP contribution in [0.15, 0.2) is 278 Å². The number of imidazole rings is 2. The summed E-state index contributed by atoms with van der Waals surface area (Å²) in [5.74, 6) is 2.64. The van der Waals surface area contributed by atoms with E-state index < -0.39 is 0 Å². The first-order valence-electron chi connectivity index (χ1n) is 26.7. The summed E-state index contributed by atoms with van der Waals surface area (Å²) >= 11 is 3.53. The minimum Gasteiger partial charge on any atom is -0.303 e. The summed E-state index contributed by atoms with van der Waals surface area (Å²) in [6.45, 7) is 0. The van der Waals surface area contributed by atoms with Crippen LogP contribution in [0.5, 0.6) is 0 Å². The summed E-state index contributed by atoms with van der Waals surface area (Å²) in [6.07, 6.45) is 5.15. The number of pyridine rings is 2. The van der Waals surface area contributed by atoms with E-state index in [0.717, 1.165) is 106 Å². The van der Waals surface area contributed by atoms with Crippen LogP contribution in [-0.4, -0.2) is 56.7 Å². The van der Waals surface area contributed by atoms with Crippen molar-refractivity contribution < 1.29 is 0 Å². The molecule has 8 aromatic carbocycles. The molecule has 0 fully saturated rings. The van der Waals surface area contributed by atoms with Gasteiger partial charge in [-0.3, -0.25) is 8.97 Å². The number of fused-ring (bicyclic) bond motifs is 10. The molecule has 7 heterocycles. The van der Waals surface area contributed by atoms with Crippen LogP contribution in [0, 0.1) is 0 Å². The molecule has 0 saturated heterocycles. The molecule has 12 heteroatoms. The average molecular weight is 1120 g/mol. The number of halogens is 1. The SMILES string of the molecule is Brc1cccc(-c2nc(-c3ccccc3)cc(-c3ccccc3)n2)c1.[B].c1ccc(-c2nc(-c3ccccc3)nc(-c3cccc(-n4c5ccccc5c5nc6ccccn6c54)c3)n2)cc1.c1ccc2c(c1)Cc1c-2nc2ccccn12. The highest BCUT2D eigenvalue weighted by atomic mass is 79.9. The number of hydrogen-bond acceptors (Lipinski definition) is 7. The fourth-order valence-corrected chi connectivity index (χ4v) is 11.0. The van der Waals surface area contributed by atoms with Crippen LogP contribution in [0.1, 0.15) is 11.3 Å². The van der Waals surface area contributed by atoms with Gasteiger partial charge in [-0.05, 0) is 66.2 Å². The van der Waals surface area contributed by atoms with E-state index in [1.165, 1.54) is 16.8 Å². The monoisotopic (exact) mass is 1120 g/mol. The van der Waals surface area contributed by atoms with Crippen LogP contribution in [0.2, 0.25) is 0 Å². The molecular weight excluding hydrogens is 1070 g/mol. The highest BCUT2D eigenvalue weighted by Crippen LogP contribution is 2.37. The van der Waals surface area contributed by atoms with E-state index >= 15 is 0 Å². The number of hydrogen-bond donors (Lipinski definition) is 0. The van der Waals surface area contributed by atoms with Crippen molar-refractivity contribution in [2.75, 3.05) is 0 Å². The predicted octanol–water partition coefficient (Wildman–Crippen LogP) is 16.4. The van der Waals surface area contributed by atoms with E-state index in [4.69, 9.17) is 34.9 Å². The highest BCUT2D eigenvalue weighted by molar-refractivity contribution is 9.10. The number of nitrogens with zero attached hydrogens (tertiary/aromatic N) is 10. The van der Waals surface area contributed by atoms with Gasteiger partial charge in [0, 0.05) is 81.7 Å². The van der Waals surface area contributed by atoms with Gasteiger partial charge >= 0.3 is 0 Å². The number of aromatic nitrogens is 10. The van der Waals surface area contributed by atoms with Gasteiger partial charge < -0.3 is 4.40 Å². The molecule has 10 nitrogen and oxygen atoms in total. The number of benzene rings is 8. The van der Waals surface area contributed by atoms with E-state index in [9.17, 15) is 0 Å². The van der Waals surface area contributed by atoms with Crippen LogP contribution >= 0.6 is 15.9 Å². The second-order valence-electron chi connectivity index (χ2n) is 19.5. The molecule has 0 atom stereocenters. The quantitative estimate of drug-likeness (QED) is 0.146. The second kappa shape index (κ2) is 22.4. The van der Waals surface area contributed by atoms with Crippen molar-refractivity contribution in [3.63, 3.8) is 0 Å². The van der Waals surface area contributed by atoms with Gasteiger partial charge in [0.25, 0.3) is 0 Å². The molecular formula is C70H47BBrN10. The Morgan fingerprint density at radius 1 is 0.366 bits per heavy atom. The fourth-order valence-electron chi connectivity index (χ4n) is 10.6. The first-order chi connectivity index (χ1) is 40.1. The van der Waals surface area contributed by atoms with Gasteiger partial charge in [-0.15, -0.1) is 0 Å². The van der Waals surface area contributed by atoms with Gasteiger partial charge in [0.2, 0.25) is 0 Å². The van der Waals surface area contributed by atoms with E-state index in [1.807, 2.05) is 152 Å². The third-order valence-electron chi connectivity index (χ3n) is 14.4. The third-order valence-corrected chi connectivity index (χ3v) is 14.9. The lowest BCUT2D eigenvalue weighted by Gasteiger charge is -2.11. The zero-order valence-electron chi connectivity index (χ0n) is 44.1. The largest absolute Gasteiger partial charge is 0.303 e. The van der Waals surface area contributed by atoms with Gasteiger partial charge in [-0.2, -0.15) is 0 Å². The summed E-state index contributed by atoms with van der Waals surface area (Å²) < 4.78 is 7.62. The van der Waals surface area contributed by atoms with Gasteiger partial charge in [-0.1, -0.05) is 216 Å². The average Bonchev–Trinajstić information content (AvgIpc) is 4.28. The molecule has 0 saturated carbocycles. The fraction of sp³-hybridized carbons (Fsp3) is 0.0143. The topological polar surface area (TPSA) is 104 Å². The Hall–Kier alpha value is -10.4. The molecule has 387 valence electrons. The Bertz CT molecular complexity index is 4630. The molecule has 0 N–H and O–H groups in total. The van der Waals surface area contributed by atoms with Crippen molar-refractivity contribution in [3.05, 3.63) is 289 Å². The molecule has 16 rings (SSSR count). The van der Waals surface area contributed by atoms with Gasteiger partial charge in [0.05, 0.1) is 28.3 Å². The molecule has 0 spiro atoms. The summed E-state index contributed by atoms with van der Waals surface area (Å²) in [7, 11) is 0. The summed E-state index contributed by atoms with van der Waals surface area (Å²) in [5.41, 5.74) is 19.0. The van der Waals surface area contributed by atoms with Crippen LogP contribution in [0.3, 0.4) is 0 Å². The molecule has 0 bridgehead atoms. The van der Waals surface area contributed by atoms with Crippen LogP contribution < -0.4 is 0 Å². The smallest absolute Gasteiger partial charge is 0.164 e. The Labute approximate surface area is 483 Å². The summed E-state index contributed by atoms with van der Waals surface area (Å²) in [5, 5.41) is 1.12. The van der Waals surface area contributed by atoms with E-state index in [2.05, 4.69) is 151 Å². The Morgan fingerprint density at radius 3 is 1.49 bits per heavy atom. The highest BCUT2D eigenvalue weighted by Gasteiger charge is 2.24. The Balaban J connectivity index is 0.000000127. The maximum Gasteiger partial charge on any atom is 0.164 e. The minimum absolute atomic E-state index is 0. The lowest BCUT2D eigenvalue weighted by Crippen LogP contribution is -2.01. The molecule has 7 aromatic heterocycles. The molecule has 15 aromatic rings. The van der Waals surface area contributed by atoms with Gasteiger partial charge in [-0.25, -0.2) is 34.9 Å². The van der Waals surface area contributed by atoms with Crippen LogP contribution in [0.25, 0.3) is 118 Å². The predicted molar refractivity (Wildman–Crippen MR) is 334 cm³/mol. The molecule has 0 unspecified atom stereocenters. The first-order valence-corrected chi connectivity index (χ1v) is 27.5. The lowest BCUT2D eigenvalue weighted by atomic mass is 10.1. The summed E-state index contributed by atoms with van der Waals surface area (Å²) in [4.78, 5) is 34.0. The molecule has 1 aliphatic carbocycles. The molecule has 0 aliphatic heterocycles. The number of rotatable bonds is 7. The third kappa shape index (κ3) is 9.92. The zero-order valence-corrected chi connectivity index (χ0v) is 45.7. The molecule has 3 radical (unpaired) electrons. The second-order valence-corrected chi connectivity index (χ2v) is 20.4. The van der Waals surface area contributed by atoms with Gasteiger partial charge in [0.1, 0.15) is 16.8 Å². The van der Waals surface area contributed by atoms with Crippen molar-refractivity contribution in [2.24, 2.45) is 0 Å². The maximum atomic E-state index is 4.97. The molecule has 0 amide bonds. The van der Waals surface area contributed by atoms with E-state index in [0.29, 0.717) is 17.5 Å². The Kier molecular flexibility index (Phi) is 13.9. The van der Waals surface area contributed by atoms with E-state index in [1.54, 1.807) is 0 Å². The van der Waals surface area contributed by atoms with Crippen molar-refractivity contribution in [2.45, 2.75) is 6.42 Å². The van der Waals surface area contributed by atoms with E-state index in [-0.39, 0.29) is 8.41 Å². The standard InChI is InChI=1S/C34H22N6.C22H15BrN2.C14H10N2.B/c1-3-12-23(13-4-1)31-36-32(24-14-5-2-6-15-24)38-33(37-31)25-16-11-17-26(22-25)40-28-19-8-7-18-27(28)30-34(40)39-21-10-9-20-29(39)35-30;23-19-13-7-12-18(14-19)22-24-20(16-8-3-1-4-9-16)15-21(25-22)17-10-5-2-6-11-17;1-2-6-11-10(5-1)9-12-14(11)15-13-7-3-4-8-16(12)13;/h1-22H;1-15H;1-8H,9H2;. The maximum absolute atomic E-state index is 4.97. The van der Waals surface area contributed by atoms with Gasteiger partial charge in [0.15, 0.2) is 28.9 Å². The van der Waals surface area contributed by atoms with Crippen molar-refractivity contribution in [1.29, 1.82) is 0 Å². The Morgan fingerprint density at radius 2 is 0.854 bits per heavy atom. The summed E-state index contributed by atoms with van der Waals surface area (Å²) in [6, 6.07) is 88.2. The van der Waals surface area contributed by atoms with Crippen molar-refractivity contribution in [1.82, 2.24) is 48.3 Å². The van der Waals surface area contributed by atoms with Crippen molar-refractivity contribution in [3.8, 4) is 85.0 Å².